The summed E-state index contributed by atoms with van der Waals surface area (Å²) >= 11 is 7.64. The van der Waals surface area contributed by atoms with Gasteiger partial charge in [0, 0.05) is 35.3 Å². The Morgan fingerprint density at radius 3 is 2.78 bits per heavy atom. The van der Waals surface area contributed by atoms with Gasteiger partial charge in [0.15, 0.2) is 5.96 Å². The van der Waals surface area contributed by atoms with Gasteiger partial charge in [-0.2, -0.15) is 0 Å². The van der Waals surface area contributed by atoms with E-state index in [2.05, 4.69) is 20.6 Å². The first-order chi connectivity index (χ1) is 10.6. The van der Waals surface area contributed by atoms with Crippen LogP contribution in [0.3, 0.4) is 0 Å². The van der Waals surface area contributed by atoms with Gasteiger partial charge in [-0.3, -0.25) is 4.99 Å². The first kappa shape index (κ1) is 20.1. The molecule has 2 N–H and O–H groups in total. The van der Waals surface area contributed by atoms with Crippen molar-refractivity contribution < 1.29 is 4.39 Å². The normalized spacial score (nSPS) is 11.0. The van der Waals surface area contributed by atoms with Gasteiger partial charge in [-0.1, -0.05) is 17.7 Å². The van der Waals surface area contributed by atoms with Crippen molar-refractivity contribution in [1.29, 1.82) is 0 Å². The summed E-state index contributed by atoms with van der Waals surface area (Å²) in [6.45, 7) is 3.17. The average Bonchev–Trinajstić information content (AvgIpc) is 2.91. The molecule has 1 aromatic carbocycles. The highest BCUT2D eigenvalue weighted by molar-refractivity contribution is 14.0. The number of nitrogens with one attached hydrogen (secondary N) is 2. The number of rotatable bonds is 5. The number of benzene rings is 1. The molecule has 0 aliphatic heterocycles. The van der Waals surface area contributed by atoms with Crippen molar-refractivity contribution in [1.82, 2.24) is 15.6 Å². The fourth-order valence-corrected chi connectivity index (χ4v) is 2.92. The Hall–Kier alpha value is -0.930. The Bertz CT molecular complexity index is 642. The van der Waals surface area contributed by atoms with Gasteiger partial charge in [0.25, 0.3) is 0 Å². The summed E-state index contributed by atoms with van der Waals surface area (Å²) in [6.07, 6.45) is 2.33. The highest BCUT2D eigenvalue weighted by atomic mass is 127. The highest BCUT2D eigenvalue weighted by Crippen LogP contribution is 2.18. The predicted molar refractivity (Wildman–Crippen MR) is 106 cm³/mol. The van der Waals surface area contributed by atoms with E-state index in [1.807, 2.05) is 13.1 Å². The van der Waals surface area contributed by atoms with Crippen LogP contribution in [0.15, 0.2) is 29.4 Å². The number of hydrogen-bond donors (Lipinski definition) is 2. The number of thiazole rings is 1. The van der Waals surface area contributed by atoms with Crippen molar-refractivity contribution in [3.05, 3.63) is 50.7 Å². The Kier molecular flexibility index (Phi) is 8.78. The molecule has 1 aromatic heterocycles. The molecule has 2 aromatic rings. The third-order valence-corrected chi connectivity index (χ3v) is 4.30. The van der Waals surface area contributed by atoms with Crippen LogP contribution in [0.5, 0.6) is 0 Å². The van der Waals surface area contributed by atoms with Crippen molar-refractivity contribution in [3.63, 3.8) is 0 Å². The minimum Gasteiger partial charge on any atom is -0.356 e. The lowest BCUT2D eigenvalue weighted by molar-refractivity contribution is 0.607. The molecule has 0 radical (unpaired) electrons. The maximum absolute atomic E-state index is 13.7. The molecule has 0 fully saturated rings. The summed E-state index contributed by atoms with van der Waals surface area (Å²) in [5, 5.41) is 7.76. The van der Waals surface area contributed by atoms with Gasteiger partial charge in [0.2, 0.25) is 0 Å². The average molecular weight is 469 g/mol. The zero-order valence-corrected chi connectivity index (χ0v) is 16.8. The van der Waals surface area contributed by atoms with E-state index < -0.39 is 0 Å². The summed E-state index contributed by atoms with van der Waals surface area (Å²) in [4.78, 5) is 9.58. The molecule has 4 nitrogen and oxygen atoms in total. The third-order valence-electron chi connectivity index (χ3n) is 3.03. The number of aromatic nitrogens is 1. The van der Waals surface area contributed by atoms with E-state index in [0.717, 1.165) is 5.01 Å². The lowest BCUT2D eigenvalue weighted by Gasteiger charge is -2.11. The summed E-state index contributed by atoms with van der Waals surface area (Å²) in [5.74, 6) is 0.371. The van der Waals surface area contributed by atoms with Crippen LogP contribution in [-0.2, 0) is 13.0 Å². The lowest BCUT2D eigenvalue weighted by Crippen LogP contribution is -2.37. The molecule has 2 rings (SSSR count). The van der Waals surface area contributed by atoms with Crippen molar-refractivity contribution >= 4 is 52.9 Å². The van der Waals surface area contributed by atoms with E-state index in [-0.39, 0.29) is 29.8 Å². The zero-order valence-electron chi connectivity index (χ0n) is 12.9. The summed E-state index contributed by atoms with van der Waals surface area (Å²) in [6, 6.07) is 4.71. The fraction of sp³-hybridized carbons (Fsp3) is 0.333. The van der Waals surface area contributed by atoms with Crippen LogP contribution in [0.25, 0.3) is 0 Å². The maximum atomic E-state index is 13.7. The van der Waals surface area contributed by atoms with Crippen molar-refractivity contribution in [2.45, 2.75) is 19.9 Å². The SMILES string of the molecule is CN=C(NCCc1c(F)cccc1Cl)NCc1ncc(C)s1.I. The van der Waals surface area contributed by atoms with Crippen LogP contribution in [0, 0.1) is 12.7 Å². The molecule has 1 heterocycles. The second kappa shape index (κ2) is 10.0. The third kappa shape index (κ3) is 6.23. The molecular weight excluding hydrogens is 450 g/mol. The van der Waals surface area contributed by atoms with Crippen molar-refractivity contribution in [2.24, 2.45) is 4.99 Å². The molecule has 126 valence electrons. The van der Waals surface area contributed by atoms with Gasteiger partial charge in [-0.05, 0) is 25.5 Å². The molecule has 0 bridgehead atoms. The summed E-state index contributed by atoms with van der Waals surface area (Å²) in [7, 11) is 1.69. The summed E-state index contributed by atoms with van der Waals surface area (Å²) < 4.78 is 13.7. The van der Waals surface area contributed by atoms with Crippen LogP contribution < -0.4 is 10.6 Å². The van der Waals surface area contributed by atoms with Crippen LogP contribution in [0.1, 0.15) is 15.4 Å². The summed E-state index contributed by atoms with van der Waals surface area (Å²) in [5.41, 5.74) is 0.516. The van der Waals surface area contributed by atoms with Gasteiger partial charge in [-0.15, -0.1) is 35.3 Å². The van der Waals surface area contributed by atoms with Gasteiger partial charge >= 0.3 is 0 Å². The van der Waals surface area contributed by atoms with Crippen LogP contribution in [0.2, 0.25) is 5.02 Å². The number of nitrogens with zero attached hydrogens (tertiary/aromatic N) is 2. The van der Waals surface area contributed by atoms with Gasteiger partial charge in [0.1, 0.15) is 10.8 Å². The monoisotopic (exact) mass is 468 g/mol. The van der Waals surface area contributed by atoms with E-state index >= 15 is 0 Å². The van der Waals surface area contributed by atoms with E-state index in [1.54, 1.807) is 30.5 Å². The second-order valence-electron chi connectivity index (χ2n) is 4.67. The highest BCUT2D eigenvalue weighted by Gasteiger charge is 2.07. The molecule has 23 heavy (non-hydrogen) atoms. The fourth-order valence-electron chi connectivity index (χ4n) is 1.94. The van der Waals surface area contributed by atoms with Crippen molar-refractivity contribution in [3.8, 4) is 0 Å². The Morgan fingerprint density at radius 2 is 2.17 bits per heavy atom. The Morgan fingerprint density at radius 1 is 1.39 bits per heavy atom. The van der Waals surface area contributed by atoms with Crippen LogP contribution in [0.4, 0.5) is 4.39 Å². The quantitative estimate of drug-likeness (QED) is 0.399. The standard InChI is InChI=1S/C15H18ClFN4S.HI/c1-10-8-20-14(22-10)9-21-15(18-2)19-7-6-11-12(16)4-3-5-13(11)17;/h3-5,8H,6-7,9H2,1-2H3,(H2,18,19,21);1H. The number of guanidine groups is 1. The minimum absolute atomic E-state index is 0. The van der Waals surface area contributed by atoms with E-state index in [1.165, 1.54) is 10.9 Å². The van der Waals surface area contributed by atoms with Crippen LogP contribution in [-0.4, -0.2) is 24.5 Å². The number of aliphatic imine (C=N–C) groups is 1. The van der Waals surface area contributed by atoms with E-state index in [4.69, 9.17) is 11.6 Å². The van der Waals surface area contributed by atoms with Crippen molar-refractivity contribution in [2.75, 3.05) is 13.6 Å². The molecule has 0 spiro atoms. The lowest BCUT2D eigenvalue weighted by atomic mass is 10.1. The molecule has 8 heteroatoms. The number of halogens is 3. The number of hydrogen-bond acceptors (Lipinski definition) is 3. The van der Waals surface area contributed by atoms with E-state index in [9.17, 15) is 4.39 Å². The number of aryl methyl sites for hydroxylation is 1. The zero-order chi connectivity index (χ0) is 15.9. The molecule has 0 aliphatic carbocycles. The minimum atomic E-state index is -0.282. The van der Waals surface area contributed by atoms with E-state index in [0.29, 0.717) is 36.1 Å². The molecule has 0 saturated carbocycles. The maximum Gasteiger partial charge on any atom is 0.191 e. The van der Waals surface area contributed by atoms with Gasteiger partial charge in [0.05, 0.1) is 6.54 Å². The van der Waals surface area contributed by atoms with Gasteiger partial charge < -0.3 is 10.6 Å². The molecule has 0 saturated heterocycles. The Balaban J connectivity index is 0.00000264. The van der Waals surface area contributed by atoms with Gasteiger partial charge in [-0.25, -0.2) is 9.37 Å². The topological polar surface area (TPSA) is 49.3 Å². The second-order valence-corrected chi connectivity index (χ2v) is 6.39. The van der Waals surface area contributed by atoms with Crippen LogP contribution >= 0.6 is 46.9 Å². The molecule has 0 atom stereocenters. The molecular formula is C15H19ClFIN4S. The molecule has 0 aliphatic rings. The Labute approximate surface area is 161 Å². The first-order valence-corrected chi connectivity index (χ1v) is 8.08. The largest absolute Gasteiger partial charge is 0.356 e. The molecule has 0 unspecified atom stereocenters. The smallest absolute Gasteiger partial charge is 0.191 e. The molecule has 0 amide bonds. The predicted octanol–water partition coefficient (Wildman–Crippen LogP) is 3.77. The first-order valence-electron chi connectivity index (χ1n) is 6.89.